The van der Waals surface area contributed by atoms with E-state index in [0.29, 0.717) is 18.1 Å². The van der Waals surface area contributed by atoms with Crippen molar-refractivity contribution >= 4 is 5.97 Å². The van der Waals surface area contributed by atoms with E-state index in [9.17, 15) is 4.79 Å². The van der Waals surface area contributed by atoms with Crippen LogP contribution in [0, 0.1) is 5.92 Å². The summed E-state index contributed by atoms with van der Waals surface area (Å²) in [6.45, 7) is 7.41. The molecule has 90 valence electrons. The number of ether oxygens (including phenoxy) is 1. The number of hydrogen-bond acceptors (Lipinski definition) is 3. The fourth-order valence-corrected chi connectivity index (χ4v) is 1.69. The first kappa shape index (κ1) is 12.7. The van der Waals surface area contributed by atoms with Crippen LogP contribution in [0.3, 0.4) is 0 Å². The van der Waals surface area contributed by atoms with E-state index in [1.807, 2.05) is 4.68 Å². The van der Waals surface area contributed by atoms with Crippen LogP contribution in [-0.2, 0) is 11.3 Å². The molecule has 4 nitrogen and oxygen atoms in total. The Morgan fingerprint density at radius 1 is 1.56 bits per heavy atom. The van der Waals surface area contributed by atoms with Crippen molar-refractivity contribution in [2.24, 2.45) is 5.92 Å². The highest BCUT2D eigenvalue weighted by molar-refractivity contribution is 5.88. The van der Waals surface area contributed by atoms with E-state index in [2.05, 4.69) is 18.9 Å². The van der Waals surface area contributed by atoms with Gasteiger partial charge in [0.05, 0.1) is 18.4 Å². The van der Waals surface area contributed by atoms with Crippen LogP contribution >= 0.6 is 0 Å². The lowest BCUT2D eigenvalue weighted by Crippen LogP contribution is -2.08. The second-order valence-electron chi connectivity index (χ2n) is 4.07. The molecule has 0 aromatic carbocycles. The van der Waals surface area contributed by atoms with Crippen molar-refractivity contribution in [2.45, 2.75) is 40.2 Å². The van der Waals surface area contributed by atoms with Gasteiger partial charge in [0.25, 0.3) is 0 Å². The second-order valence-corrected chi connectivity index (χ2v) is 4.07. The van der Waals surface area contributed by atoms with Crippen LogP contribution in [0.2, 0.25) is 0 Å². The third-order valence-electron chi connectivity index (χ3n) is 2.42. The summed E-state index contributed by atoms with van der Waals surface area (Å²) < 4.78 is 6.71. The van der Waals surface area contributed by atoms with Gasteiger partial charge in [0.1, 0.15) is 0 Å². The van der Waals surface area contributed by atoms with E-state index in [4.69, 9.17) is 4.74 Å². The molecule has 1 heterocycles. The van der Waals surface area contributed by atoms with Crippen LogP contribution in [-0.4, -0.2) is 22.4 Å². The van der Waals surface area contributed by atoms with E-state index >= 15 is 0 Å². The van der Waals surface area contributed by atoms with Crippen molar-refractivity contribution in [2.75, 3.05) is 6.61 Å². The van der Waals surface area contributed by atoms with Crippen molar-refractivity contribution in [1.29, 1.82) is 0 Å². The maximum atomic E-state index is 11.4. The topological polar surface area (TPSA) is 44.1 Å². The maximum Gasteiger partial charge on any atom is 0.341 e. The average molecular weight is 224 g/mol. The van der Waals surface area contributed by atoms with Gasteiger partial charge < -0.3 is 4.74 Å². The van der Waals surface area contributed by atoms with Crippen molar-refractivity contribution in [1.82, 2.24) is 9.78 Å². The Morgan fingerprint density at radius 3 is 2.94 bits per heavy atom. The third kappa shape index (κ3) is 3.68. The van der Waals surface area contributed by atoms with Gasteiger partial charge in [-0.2, -0.15) is 5.10 Å². The van der Waals surface area contributed by atoms with Crippen LogP contribution in [0.1, 0.15) is 44.0 Å². The van der Waals surface area contributed by atoms with Crippen LogP contribution in [0.5, 0.6) is 0 Å². The predicted octanol–water partition coefficient (Wildman–Crippen LogP) is 2.50. The van der Waals surface area contributed by atoms with Crippen LogP contribution in [0.4, 0.5) is 0 Å². The van der Waals surface area contributed by atoms with Crippen LogP contribution in [0.15, 0.2) is 12.4 Å². The number of rotatable bonds is 6. The maximum absolute atomic E-state index is 11.4. The lowest BCUT2D eigenvalue weighted by molar-refractivity contribution is 0.0526. The highest BCUT2D eigenvalue weighted by Crippen LogP contribution is 2.09. The van der Waals surface area contributed by atoms with Crippen molar-refractivity contribution in [3.63, 3.8) is 0 Å². The second kappa shape index (κ2) is 6.30. The highest BCUT2D eigenvalue weighted by atomic mass is 16.5. The summed E-state index contributed by atoms with van der Waals surface area (Å²) in [5, 5.41) is 4.16. The average Bonchev–Trinajstić information content (AvgIpc) is 2.67. The molecule has 4 heteroatoms. The van der Waals surface area contributed by atoms with Gasteiger partial charge >= 0.3 is 5.97 Å². The Bertz CT molecular complexity index is 334. The summed E-state index contributed by atoms with van der Waals surface area (Å²) in [5.41, 5.74) is 0.533. The predicted molar refractivity (Wildman–Crippen MR) is 62.3 cm³/mol. The first-order valence-corrected chi connectivity index (χ1v) is 5.86. The minimum absolute atomic E-state index is 0.295. The molecule has 1 aromatic rings. The molecule has 0 saturated carbocycles. The summed E-state index contributed by atoms with van der Waals surface area (Å²) in [5.74, 6) is 0.289. The van der Waals surface area contributed by atoms with Gasteiger partial charge in [-0.15, -0.1) is 0 Å². The number of nitrogens with zero attached hydrogens (tertiary/aromatic N) is 2. The van der Waals surface area contributed by atoms with E-state index in [1.165, 1.54) is 12.8 Å². The molecule has 0 aliphatic carbocycles. The Hall–Kier alpha value is -1.32. The smallest absolute Gasteiger partial charge is 0.341 e. The summed E-state index contributed by atoms with van der Waals surface area (Å²) in [7, 11) is 0. The molecular formula is C12H20N2O2. The fraction of sp³-hybridized carbons (Fsp3) is 0.667. The van der Waals surface area contributed by atoms with Crippen LogP contribution < -0.4 is 0 Å². The van der Waals surface area contributed by atoms with Gasteiger partial charge in [0.2, 0.25) is 0 Å². The molecule has 0 fully saturated rings. The molecule has 1 aromatic heterocycles. The lowest BCUT2D eigenvalue weighted by Gasteiger charge is -2.09. The van der Waals surface area contributed by atoms with E-state index in [-0.39, 0.29) is 5.97 Å². The van der Waals surface area contributed by atoms with Crippen LogP contribution in [0.25, 0.3) is 0 Å². The minimum Gasteiger partial charge on any atom is -0.462 e. The molecule has 1 unspecified atom stereocenters. The largest absolute Gasteiger partial charge is 0.462 e. The number of esters is 1. The number of carbonyl (C=O) groups excluding carboxylic acids is 1. The summed E-state index contributed by atoms with van der Waals surface area (Å²) in [6, 6.07) is 0. The normalized spacial score (nSPS) is 12.4. The van der Waals surface area contributed by atoms with Crippen molar-refractivity contribution < 1.29 is 9.53 Å². The standard InChI is InChI=1S/C12H20N2O2/c1-4-6-10(3)8-14-9-11(7-13-14)12(15)16-5-2/h7,9-10H,4-6,8H2,1-3H3. The van der Waals surface area contributed by atoms with E-state index < -0.39 is 0 Å². The minimum atomic E-state index is -0.295. The van der Waals surface area contributed by atoms with Gasteiger partial charge in [-0.05, 0) is 19.3 Å². The van der Waals surface area contributed by atoms with Gasteiger partial charge in [0.15, 0.2) is 0 Å². The Labute approximate surface area is 96.6 Å². The zero-order chi connectivity index (χ0) is 12.0. The van der Waals surface area contributed by atoms with Gasteiger partial charge in [-0.1, -0.05) is 20.3 Å². The zero-order valence-corrected chi connectivity index (χ0v) is 10.3. The van der Waals surface area contributed by atoms with E-state index in [1.54, 1.807) is 19.3 Å². The Kier molecular flexibility index (Phi) is 5.02. The molecule has 0 radical (unpaired) electrons. The van der Waals surface area contributed by atoms with Gasteiger partial charge in [-0.25, -0.2) is 4.79 Å². The summed E-state index contributed by atoms with van der Waals surface area (Å²) in [4.78, 5) is 11.4. The van der Waals surface area contributed by atoms with E-state index in [0.717, 1.165) is 6.54 Å². The fourth-order valence-electron chi connectivity index (χ4n) is 1.69. The third-order valence-corrected chi connectivity index (χ3v) is 2.42. The lowest BCUT2D eigenvalue weighted by atomic mass is 10.1. The van der Waals surface area contributed by atoms with Crippen molar-refractivity contribution in [3.05, 3.63) is 18.0 Å². The molecule has 0 aliphatic rings. The quantitative estimate of drug-likeness (QED) is 0.697. The molecule has 0 saturated heterocycles. The van der Waals surface area contributed by atoms with Crippen molar-refractivity contribution in [3.8, 4) is 0 Å². The number of carbonyl (C=O) groups is 1. The van der Waals surface area contributed by atoms with Gasteiger partial charge in [-0.3, -0.25) is 4.68 Å². The highest BCUT2D eigenvalue weighted by Gasteiger charge is 2.10. The molecule has 0 spiro atoms. The molecule has 0 N–H and O–H groups in total. The SMILES string of the molecule is CCCC(C)Cn1cc(C(=O)OCC)cn1. The monoisotopic (exact) mass is 224 g/mol. The first-order chi connectivity index (χ1) is 7.67. The summed E-state index contributed by atoms with van der Waals surface area (Å²) >= 11 is 0. The molecule has 0 bridgehead atoms. The van der Waals surface area contributed by atoms with Gasteiger partial charge in [0, 0.05) is 12.7 Å². The molecule has 16 heavy (non-hydrogen) atoms. The Morgan fingerprint density at radius 2 is 2.31 bits per heavy atom. The first-order valence-electron chi connectivity index (χ1n) is 5.86. The molecular weight excluding hydrogens is 204 g/mol. The number of hydrogen-bond donors (Lipinski definition) is 0. The Balaban J connectivity index is 2.54. The number of aromatic nitrogens is 2. The molecule has 0 aliphatic heterocycles. The molecule has 1 atom stereocenters. The molecule has 1 rings (SSSR count). The zero-order valence-electron chi connectivity index (χ0n) is 10.3. The summed E-state index contributed by atoms with van der Waals surface area (Å²) in [6.07, 6.45) is 5.67. The molecule has 0 amide bonds.